The molecule has 0 aliphatic heterocycles. The van der Waals surface area contributed by atoms with Crippen LogP contribution in [-0.2, 0) is 0 Å². The SMILES string of the molecule is COc1ccccc1SC(C)CNCCC(C)C. The van der Waals surface area contributed by atoms with E-state index in [1.54, 1.807) is 7.11 Å². The molecule has 0 spiro atoms. The molecule has 0 saturated heterocycles. The molecule has 3 heteroatoms. The van der Waals surface area contributed by atoms with Gasteiger partial charge in [0.15, 0.2) is 0 Å². The highest BCUT2D eigenvalue weighted by Gasteiger charge is 2.08. The van der Waals surface area contributed by atoms with Crippen molar-refractivity contribution in [2.24, 2.45) is 5.92 Å². The molecule has 0 heterocycles. The summed E-state index contributed by atoms with van der Waals surface area (Å²) in [5.74, 6) is 1.74. The van der Waals surface area contributed by atoms with E-state index in [4.69, 9.17) is 4.74 Å². The minimum Gasteiger partial charge on any atom is -0.496 e. The van der Waals surface area contributed by atoms with E-state index >= 15 is 0 Å². The second-order valence-corrected chi connectivity index (χ2v) is 6.45. The molecule has 102 valence electrons. The van der Waals surface area contributed by atoms with E-state index in [-0.39, 0.29) is 0 Å². The number of benzene rings is 1. The molecular weight excluding hydrogens is 242 g/mol. The van der Waals surface area contributed by atoms with Gasteiger partial charge in [0.1, 0.15) is 5.75 Å². The van der Waals surface area contributed by atoms with Crippen molar-refractivity contribution in [1.82, 2.24) is 5.32 Å². The van der Waals surface area contributed by atoms with Gasteiger partial charge in [-0.25, -0.2) is 0 Å². The number of hydrogen-bond donors (Lipinski definition) is 1. The Morgan fingerprint density at radius 2 is 1.94 bits per heavy atom. The minimum atomic E-state index is 0.550. The zero-order chi connectivity index (χ0) is 13.4. The Labute approximate surface area is 116 Å². The zero-order valence-corrected chi connectivity index (χ0v) is 12.7. The van der Waals surface area contributed by atoms with E-state index in [9.17, 15) is 0 Å². The van der Waals surface area contributed by atoms with Crippen LogP contribution >= 0.6 is 11.8 Å². The van der Waals surface area contributed by atoms with Crippen molar-refractivity contribution >= 4 is 11.8 Å². The number of ether oxygens (including phenoxy) is 1. The lowest BCUT2D eigenvalue weighted by Gasteiger charge is -2.15. The Morgan fingerprint density at radius 3 is 2.61 bits per heavy atom. The molecule has 1 N–H and O–H groups in total. The van der Waals surface area contributed by atoms with Crippen LogP contribution in [0.15, 0.2) is 29.2 Å². The van der Waals surface area contributed by atoms with Crippen LogP contribution < -0.4 is 10.1 Å². The fourth-order valence-corrected chi connectivity index (χ4v) is 2.73. The lowest BCUT2D eigenvalue weighted by atomic mass is 10.1. The average Bonchev–Trinajstić information content (AvgIpc) is 2.35. The first-order chi connectivity index (χ1) is 8.63. The highest BCUT2D eigenvalue weighted by atomic mass is 32.2. The Balaban J connectivity index is 2.33. The average molecular weight is 267 g/mol. The van der Waals surface area contributed by atoms with Crippen molar-refractivity contribution in [1.29, 1.82) is 0 Å². The largest absolute Gasteiger partial charge is 0.496 e. The van der Waals surface area contributed by atoms with Crippen LogP contribution in [0.3, 0.4) is 0 Å². The number of thioether (sulfide) groups is 1. The Kier molecular flexibility index (Phi) is 7.21. The van der Waals surface area contributed by atoms with Gasteiger partial charge >= 0.3 is 0 Å². The molecule has 0 saturated carbocycles. The number of nitrogens with one attached hydrogen (secondary N) is 1. The van der Waals surface area contributed by atoms with Crippen LogP contribution in [0.4, 0.5) is 0 Å². The Bertz CT molecular complexity index is 341. The third-order valence-electron chi connectivity index (χ3n) is 2.73. The standard InChI is InChI=1S/C15H25NOS/c1-12(2)9-10-16-11-13(3)18-15-8-6-5-7-14(15)17-4/h5-8,12-13,16H,9-11H2,1-4H3. The van der Waals surface area contributed by atoms with Gasteiger partial charge in [0, 0.05) is 16.7 Å². The zero-order valence-electron chi connectivity index (χ0n) is 11.9. The van der Waals surface area contributed by atoms with Crippen molar-refractivity contribution in [2.75, 3.05) is 20.2 Å². The van der Waals surface area contributed by atoms with E-state index in [1.165, 1.54) is 11.3 Å². The van der Waals surface area contributed by atoms with Crippen LogP contribution in [0, 0.1) is 5.92 Å². The van der Waals surface area contributed by atoms with Gasteiger partial charge in [-0.05, 0) is 31.0 Å². The van der Waals surface area contributed by atoms with Gasteiger partial charge < -0.3 is 10.1 Å². The van der Waals surface area contributed by atoms with Gasteiger partial charge in [0.05, 0.1) is 7.11 Å². The second-order valence-electron chi connectivity index (χ2n) is 4.97. The lowest BCUT2D eigenvalue weighted by Crippen LogP contribution is -2.24. The maximum atomic E-state index is 5.36. The summed E-state index contributed by atoms with van der Waals surface area (Å²) in [6.45, 7) is 8.91. The Morgan fingerprint density at radius 1 is 1.22 bits per heavy atom. The molecule has 1 atom stereocenters. The molecular formula is C15H25NOS. The first-order valence-corrected chi connectivity index (χ1v) is 7.51. The molecule has 0 fully saturated rings. The summed E-state index contributed by atoms with van der Waals surface area (Å²) < 4.78 is 5.36. The first kappa shape index (κ1) is 15.4. The Hall–Kier alpha value is -0.670. The lowest BCUT2D eigenvalue weighted by molar-refractivity contribution is 0.404. The maximum absolute atomic E-state index is 5.36. The molecule has 0 aliphatic rings. The molecule has 1 rings (SSSR count). The van der Waals surface area contributed by atoms with Crippen molar-refractivity contribution < 1.29 is 4.74 Å². The number of methoxy groups -OCH3 is 1. The van der Waals surface area contributed by atoms with Crippen molar-refractivity contribution in [3.05, 3.63) is 24.3 Å². The van der Waals surface area contributed by atoms with Crippen molar-refractivity contribution in [3.63, 3.8) is 0 Å². The van der Waals surface area contributed by atoms with E-state index in [2.05, 4.69) is 38.2 Å². The van der Waals surface area contributed by atoms with E-state index in [1.807, 2.05) is 23.9 Å². The molecule has 2 nitrogen and oxygen atoms in total. The summed E-state index contributed by atoms with van der Waals surface area (Å²) in [6, 6.07) is 8.20. The molecule has 1 aromatic carbocycles. The topological polar surface area (TPSA) is 21.3 Å². The molecule has 0 aliphatic carbocycles. The number of rotatable bonds is 8. The highest BCUT2D eigenvalue weighted by molar-refractivity contribution is 8.00. The monoisotopic (exact) mass is 267 g/mol. The molecule has 0 amide bonds. The van der Waals surface area contributed by atoms with Gasteiger partial charge in [0.2, 0.25) is 0 Å². The van der Waals surface area contributed by atoms with Gasteiger partial charge in [0.25, 0.3) is 0 Å². The minimum absolute atomic E-state index is 0.550. The predicted molar refractivity (Wildman–Crippen MR) is 80.6 cm³/mol. The normalized spacial score (nSPS) is 12.7. The van der Waals surface area contributed by atoms with Crippen LogP contribution in [0.1, 0.15) is 27.2 Å². The summed E-state index contributed by atoms with van der Waals surface area (Å²) in [5.41, 5.74) is 0. The molecule has 0 radical (unpaired) electrons. The molecule has 0 aromatic heterocycles. The van der Waals surface area contributed by atoms with Crippen LogP contribution in [0.5, 0.6) is 5.75 Å². The van der Waals surface area contributed by atoms with Crippen LogP contribution in [0.2, 0.25) is 0 Å². The molecule has 1 aromatic rings. The van der Waals surface area contributed by atoms with E-state index in [0.717, 1.165) is 24.8 Å². The quantitative estimate of drug-likeness (QED) is 0.571. The fraction of sp³-hybridized carbons (Fsp3) is 0.600. The summed E-state index contributed by atoms with van der Waals surface area (Å²) in [4.78, 5) is 1.22. The molecule has 1 unspecified atom stereocenters. The third-order valence-corrected chi connectivity index (χ3v) is 3.89. The van der Waals surface area contributed by atoms with Crippen LogP contribution in [0.25, 0.3) is 0 Å². The van der Waals surface area contributed by atoms with E-state index < -0.39 is 0 Å². The van der Waals surface area contributed by atoms with Gasteiger partial charge in [-0.3, -0.25) is 0 Å². The summed E-state index contributed by atoms with van der Waals surface area (Å²) >= 11 is 1.87. The van der Waals surface area contributed by atoms with Crippen molar-refractivity contribution in [2.45, 2.75) is 37.3 Å². The van der Waals surface area contributed by atoms with E-state index in [0.29, 0.717) is 5.25 Å². The maximum Gasteiger partial charge on any atom is 0.132 e. The first-order valence-electron chi connectivity index (χ1n) is 6.64. The predicted octanol–water partition coefficient (Wildman–Crippen LogP) is 3.81. The number of hydrogen-bond acceptors (Lipinski definition) is 3. The fourth-order valence-electron chi connectivity index (χ4n) is 1.67. The van der Waals surface area contributed by atoms with Gasteiger partial charge in [-0.2, -0.15) is 0 Å². The number of para-hydroxylation sites is 1. The summed E-state index contributed by atoms with van der Waals surface area (Å²) in [5, 5.41) is 4.06. The van der Waals surface area contributed by atoms with Crippen LogP contribution in [-0.4, -0.2) is 25.4 Å². The van der Waals surface area contributed by atoms with Crippen molar-refractivity contribution in [3.8, 4) is 5.75 Å². The smallest absolute Gasteiger partial charge is 0.132 e. The summed E-state index contributed by atoms with van der Waals surface area (Å²) in [7, 11) is 1.73. The summed E-state index contributed by atoms with van der Waals surface area (Å²) in [6.07, 6.45) is 1.24. The second kappa shape index (κ2) is 8.44. The molecule has 18 heavy (non-hydrogen) atoms. The third kappa shape index (κ3) is 5.78. The van der Waals surface area contributed by atoms with Gasteiger partial charge in [-0.15, -0.1) is 11.8 Å². The molecule has 0 bridgehead atoms. The highest BCUT2D eigenvalue weighted by Crippen LogP contribution is 2.31. The van der Waals surface area contributed by atoms with Gasteiger partial charge in [-0.1, -0.05) is 32.9 Å².